The molecule has 3 aromatic rings. The van der Waals surface area contributed by atoms with Crippen molar-refractivity contribution in [3.8, 4) is 5.75 Å². The number of carbonyl (C=O) groups excluding carboxylic acids is 1. The van der Waals surface area contributed by atoms with E-state index in [0.29, 0.717) is 50.1 Å². The Morgan fingerprint density at radius 1 is 0.949 bits per heavy atom. The van der Waals surface area contributed by atoms with E-state index in [4.69, 9.17) is 9.47 Å². The lowest BCUT2D eigenvalue weighted by Gasteiger charge is -2.39. The van der Waals surface area contributed by atoms with Gasteiger partial charge in [0.15, 0.2) is 6.61 Å². The molecule has 2 aliphatic rings. The van der Waals surface area contributed by atoms with Gasteiger partial charge in [0.1, 0.15) is 17.4 Å². The van der Waals surface area contributed by atoms with E-state index in [1.807, 2.05) is 41.3 Å². The predicted octanol–water partition coefficient (Wildman–Crippen LogP) is 6.21. The fraction of sp³-hybridized carbons (Fsp3) is 0.406. The van der Waals surface area contributed by atoms with Crippen molar-refractivity contribution in [2.24, 2.45) is 11.8 Å². The summed E-state index contributed by atoms with van der Waals surface area (Å²) in [5.74, 6) is 0.869. The molecule has 206 valence electrons. The molecule has 0 bridgehead atoms. The maximum Gasteiger partial charge on any atom is 0.260 e. The number of rotatable bonds is 7. The molecule has 0 radical (unpaired) electrons. The molecule has 7 heteroatoms. The van der Waals surface area contributed by atoms with Gasteiger partial charge in [-0.3, -0.25) is 4.79 Å². The second-order valence-corrected chi connectivity index (χ2v) is 10.8. The van der Waals surface area contributed by atoms with Crippen LogP contribution in [0.3, 0.4) is 0 Å². The highest BCUT2D eigenvalue weighted by Crippen LogP contribution is 2.44. The first-order valence-corrected chi connectivity index (χ1v) is 13.8. The van der Waals surface area contributed by atoms with Gasteiger partial charge >= 0.3 is 0 Å². The zero-order valence-electron chi connectivity index (χ0n) is 22.6. The van der Waals surface area contributed by atoms with Crippen molar-refractivity contribution in [3.05, 3.63) is 95.6 Å². The summed E-state index contributed by atoms with van der Waals surface area (Å²) in [6.45, 7) is 7.07. The highest BCUT2D eigenvalue weighted by atomic mass is 19.1. The first-order valence-electron chi connectivity index (χ1n) is 13.8. The molecule has 0 aliphatic carbocycles. The van der Waals surface area contributed by atoms with Crippen LogP contribution in [-0.2, 0) is 9.53 Å². The van der Waals surface area contributed by atoms with Crippen molar-refractivity contribution in [3.63, 3.8) is 0 Å². The predicted molar refractivity (Wildman–Crippen MR) is 148 cm³/mol. The molecule has 2 saturated heterocycles. The van der Waals surface area contributed by atoms with Crippen LogP contribution in [0.4, 0.5) is 14.5 Å². The molecule has 5 nitrogen and oxygen atoms in total. The van der Waals surface area contributed by atoms with E-state index >= 15 is 0 Å². The first-order chi connectivity index (χ1) is 18.9. The van der Waals surface area contributed by atoms with E-state index in [9.17, 15) is 13.6 Å². The molecule has 5 rings (SSSR count). The van der Waals surface area contributed by atoms with Crippen LogP contribution < -0.4 is 9.64 Å². The van der Waals surface area contributed by atoms with Crippen LogP contribution in [0, 0.1) is 23.5 Å². The van der Waals surface area contributed by atoms with Gasteiger partial charge in [-0.15, -0.1) is 0 Å². The summed E-state index contributed by atoms with van der Waals surface area (Å²) in [4.78, 5) is 16.6. The van der Waals surface area contributed by atoms with Crippen LogP contribution in [0.25, 0.3) is 0 Å². The van der Waals surface area contributed by atoms with Crippen LogP contribution in [-0.4, -0.2) is 50.2 Å². The summed E-state index contributed by atoms with van der Waals surface area (Å²) in [6.07, 6.45) is 0.814. The lowest BCUT2D eigenvalue weighted by molar-refractivity contribution is -0.133. The van der Waals surface area contributed by atoms with Crippen LogP contribution in [0.5, 0.6) is 5.75 Å². The molecule has 2 heterocycles. The van der Waals surface area contributed by atoms with Gasteiger partial charge in [-0.1, -0.05) is 50.2 Å². The number of benzene rings is 3. The van der Waals surface area contributed by atoms with E-state index in [2.05, 4.69) is 13.8 Å². The summed E-state index contributed by atoms with van der Waals surface area (Å²) >= 11 is 0. The highest BCUT2D eigenvalue weighted by Gasteiger charge is 2.35. The zero-order valence-corrected chi connectivity index (χ0v) is 22.6. The molecule has 1 amide bonds. The number of carbonyl (C=O) groups is 1. The Hall–Kier alpha value is -3.45. The van der Waals surface area contributed by atoms with Gasteiger partial charge in [0, 0.05) is 32.1 Å². The number of amides is 1. The van der Waals surface area contributed by atoms with Crippen molar-refractivity contribution in [2.45, 2.75) is 32.3 Å². The fourth-order valence-corrected chi connectivity index (χ4v) is 5.74. The van der Waals surface area contributed by atoms with Crippen molar-refractivity contribution < 1.29 is 23.0 Å². The third-order valence-corrected chi connectivity index (χ3v) is 7.97. The number of nitrogens with zero attached hydrogens (tertiary/aromatic N) is 2. The van der Waals surface area contributed by atoms with Gasteiger partial charge in [-0.25, -0.2) is 8.78 Å². The van der Waals surface area contributed by atoms with Gasteiger partial charge in [-0.05, 0) is 65.8 Å². The van der Waals surface area contributed by atoms with Crippen molar-refractivity contribution >= 4 is 11.6 Å². The van der Waals surface area contributed by atoms with Gasteiger partial charge < -0.3 is 19.3 Å². The first kappa shape index (κ1) is 27.1. The number of hydrogen-bond donors (Lipinski definition) is 0. The number of para-hydroxylation sites is 1. The van der Waals surface area contributed by atoms with E-state index in [0.717, 1.165) is 17.5 Å². The Morgan fingerprint density at radius 2 is 1.69 bits per heavy atom. The number of ether oxygens (including phenoxy) is 2. The smallest absolute Gasteiger partial charge is 0.260 e. The highest BCUT2D eigenvalue weighted by molar-refractivity contribution is 5.78. The number of piperazine rings is 1. The van der Waals surface area contributed by atoms with E-state index in [1.165, 1.54) is 12.1 Å². The molecule has 0 aromatic heterocycles. The monoisotopic (exact) mass is 534 g/mol. The molecule has 0 saturated carbocycles. The Morgan fingerprint density at radius 3 is 2.44 bits per heavy atom. The largest absolute Gasteiger partial charge is 0.484 e. The Kier molecular flexibility index (Phi) is 8.46. The minimum absolute atomic E-state index is 0.0517. The van der Waals surface area contributed by atoms with Gasteiger partial charge in [0.2, 0.25) is 0 Å². The molecule has 3 atom stereocenters. The van der Waals surface area contributed by atoms with E-state index in [1.54, 1.807) is 29.2 Å². The Bertz CT molecular complexity index is 1280. The molecule has 0 spiro atoms. The molecular formula is C32H36F2N2O3. The lowest BCUT2D eigenvalue weighted by atomic mass is 9.76. The third kappa shape index (κ3) is 6.41. The summed E-state index contributed by atoms with van der Waals surface area (Å²) in [6, 6.07) is 21.3. The Labute approximate surface area is 229 Å². The standard InChI is InChI=1S/C32H36F2N2O3/c1-22(2)28-19-25(23-7-5-9-26(33)17-23)20-39-32(28)24-8-6-10-27(18-24)38-21-31(37)36-15-13-35(14-16-36)30-12-4-3-11-29(30)34/h3-12,17-18,22,25,28,32H,13-16,19-21H2,1-2H3/t25-,28-,32-/m0/s1. The summed E-state index contributed by atoms with van der Waals surface area (Å²) in [7, 11) is 0. The lowest BCUT2D eigenvalue weighted by Crippen LogP contribution is -2.50. The number of hydrogen-bond acceptors (Lipinski definition) is 4. The van der Waals surface area contributed by atoms with Gasteiger partial charge in [-0.2, -0.15) is 0 Å². The molecule has 2 aliphatic heterocycles. The molecule has 39 heavy (non-hydrogen) atoms. The maximum absolute atomic E-state index is 14.1. The second-order valence-electron chi connectivity index (χ2n) is 10.8. The van der Waals surface area contributed by atoms with E-state index < -0.39 is 0 Å². The maximum atomic E-state index is 14.1. The SMILES string of the molecule is CC(C)[C@@H]1C[C@H](c2cccc(F)c2)CO[C@H]1c1cccc(OCC(=O)N2CCN(c3ccccc3F)CC2)c1. The summed E-state index contributed by atoms with van der Waals surface area (Å²) in [5, 5.41) is 0. The molecule has 2 fully saturated rings. The minimum Gasteiger partial charge on any atom is -0.484 e. The topological polar surface area (TPSA) is 42.0 Å². The normalized spacial score (nSPS) is 21.7. The minimum atomic E-state index is -0.244. The Balaban J connectivity index is 1.17. The van der Waals surface area contributed by atoms with E-state index in [-0.39, 0.29) is 42.1 Å². The van der Waals surface area contributed by atoms with Gasteiger partial charge in [0.05, 0.1) is 18.4 Å². The van der Waals surface area contributed by atoms with Crippen molar-refractivity contribution in [1.29, 1.82) is 0 Å². The van der Waals surface area contributed by atoms with Crippen LogP contribution in [0.2, 0.25) is 0 Å². The zero-order chi connectivity index (χ0) is 27.4. The quantitative estimate of drug-likeness (QED) is 0.362. The number of halogens is 2. The van der Waals surface area contributed by atoms with Crippen molar-refractivity contribution in [1.82, 2.24) is 4.90 Å². The second kappa shape index (κ2) is 12.2. The van der Waals surface area contributed by atoms with Crippen LogP contribution in [0.15, 0.2) is 72.8 Å². The molecule has 0 unspecified atom stereocenters. The number of anilines is 1. The van der Waals surface area contributed by atoms with Crippen molar-refractivity contribution in [2.75, 3.05) is 44.3 Å². The average molecular weight is 535 g/mol. The molecular weight excluding hydrogens is 498 g/mol. The van der Waals surface area contributed by atoms with Crippen LogP contribution >= 0.6 is 0 Å². The summed E-state index contributed by atoms with van der Waals surface area (Å²) in [5.41, 5.74) is 2.57. The van der Waals surface area contributed by atoms with Crippen LogP contribution in [0.1, 0.15) is 43.4 Å². The fourth-order valence-electron chi connectivity index (χ4n) is 5.74. The molecule has 0 N–H and O–H groups in total. The molecule has 3 aromatic carbocycles. The summed E-state index contributed by atoms with van der Waals surface area (Å²) < 4.78 is 40.2. The van der Waals surface area contributed by atoms with Gasteiger partial charge in [0.25, 0.3) is 5.91 Å². The average Bonchev–Trinajstić information content (AvgIpc) is 2.96. The third-order valence-electron chi connectivity index (χ3n) is 7.97.